The van der Waals surface area contributed by atoms with E-state index in [9.17, 15) is 9.59 Å². The van der Waals surface area contributed by atoms with Crippen molar-refractivity contribution >= 4 is 11.9 Å². The maximum Gasteiger partial charge on any atom is 0.320 e. The van der Waals surface area contributed by atoms with Crippen molar-refractivity contribution in [1.29, 1.82) is 0 Å². The van der Waals surface area contributed by atoms with Crippen molar-refractivity contribution in [2.75, 3.05) is 6.54 Å². The van der Waals surface area contributed by atoms with Crippen molar-refractivity contribution < 1.29 is 19.8 Å². The summed E-state index contributed by atoms with van der Waals surface area (Å²) < 4.78 is 0. The van der Waals surface area contributed by atoms with E-state index in [1.165, 1.54) is 0 Å². The molecule has 0 aromatic carbocycles. The summed E-state index contributed by atoms with van der Waals surface area (Å²) in [4.78, 5) is 20.9. The molecule has 0 rings (SSSR count). The standard InChI is InChI=1S/C7H14N2O4/c1-2-9-5(7(12)13)3-4(8)6(10)11/h4-5,9H,2-3,8H2,1H3,(H,10,11)(H,12,13). The summed E-state index contributed by atoms with van der Waals surface area (Å²) >= 11 is 0. The monoisotopic (exact) mass is 190 g/mol. The molecule has 0 aromatic rings. The molecule has 0 spiro atoms. The van der Waals surface area contributed by atoms with Gasteiger partial charge in [-0.2, -0.15) is 0 Å². The quantitative estimate of drug-likeness (QED) is 0.420. The molecule has 6 nitrogen and oxygen atoms in total. The van der Waals surface area contributed by atoms with Crippen LogP contribution in [0.2, 0.25) is 0 Å². The third-order valence-corrected chi connectivity index (χ3v) is 1.56. The third kappa shape index (κ3) is 4.44. The molecule has 0 bridgehead atoms. The third-order valence-electron chi connectivity index (χ3n) is 1.56. The second-order valence-electron chi connectivity index (χ2n) is 2.63. The number of likely N-dealkylation sites (N-methyl/N-ethyl adjacent to an activating group) is 1. The van der Waals surface area contributed by atoms with Gasteiger partial charge in [0.05, 0.1) is 0 Å². The van der Waals surface area contributed by atoms with Gasteiger partial charge in [-0.25, -0.2) is 0 Å². The van der Waals surface area contributed by atoms with Crippen LogP contribution in [0.15, 0.2) is 0 Å². The van der Waals surface area contributed by atoms with Crippen LogP contribution in [0.1, 0.15) is 13.3 Å². The highest BCUT2D eigenvalue weighted by atomic mass is 16.4. The molecule has 5 N–H and O–H groups in total. The lowest BCUT2D eigenvalue weighted by Crippen LogP contribution is -2.44. The van der Waals surface area contributed by atoms with E-state index >= 15 is 0 Å². The van der Waals surface area contributed by atoms with Gasteiger partial charge in [0.25, 0.3) is 0 Å². The molecule has 0 aliphatic rings. The predicted molar refractivity (Wildman–Crippen MR) is 45.3 cm³/mol. The van der Waals surface area contributed by atoms with Gasteiger partial charge >= 0.3 is 11.9 Å². The van der Waals surface area contributed by atoms with E-state index in [4.69, 9.17) is 15.9 Å². The Labute approximate surface area is 75.7 Å². The zero-order valence-corrected chi connectivity index (χ0v) is 7.36. The van der Waals surface area contributed by atoms with Crippen LogP contribution in [0.25, 0.3) is 0 Å². The van der Waals surface area contributed by atoms with Gasteiger partial charge in [-0.3, -0.25) is 9.59 Å². The van der Waals surface area contributed by atoms with E-state index in [1.54, 1.807) is 6.92 Å². The minimum absolute atomic E-state index is 0.113. The van der Waals surface area contributed by atoms with E-state index in [0.29, 0.717) is 6.54 Å². The molecule has 0 heterocycles. The number of hydrogen-bond donors (Lipinski definition) is 4. The van der Waals surface area contributed by atoms with Crippen LogP contribution in [-0.4, -0.2) is 40.8 Å². The van der Waals surface area contributed by atoms with Gasteiger partial charge in [0.2, 0.25) is 0 Å². The topological polar surface area (TPSA) is 113 Å². The summed E-state index contributed by atoms with van der Waals surface area (Å²) in [5.74, 6) is -2.28. The maximum absolute atomic E-state index is 10.5. The second-order valence-corrected chi connectivity index (χ2v) is 2.63. The van der Waals surface area contributed by atoms with Gasteiger partial charge in [-0.15, -0.1) is 0 Å². The van der Waals surface area contributed by atoms with Crippen LogP contribution in [-0.2, 0) is 9.59 Å². The molecule has 0 aromatic heterocycles. The number of nitrogens with one attached hydrogen (secondary N) is 1. The maximum atomic E-state index is 10.5. The molecule has 2 atom stereocenters. The molecule has 0 radical (unpaired) electrons. The first kappa shape index (κ1) is 11.9. The molecule has 13 heavy (non-hydrogen) atoms. The number of rotatable bonds is 6. The van der Waals surface area contributed by atoms with Crippen LogP contribution in [0.4, 0.5) is 0 Å². The second kappa shape index (κ2) is 5.50. The van der Waals surface area contributed by atoms with E-state index < -0.39 is 24.0 Å². The molecule has 76 valence electrons. The zero-order chi connectivity index (χ0) is 10.4. The van der Waals surface area contributed by atoms with Crippen LogP contribution in [0.5, 0.6) is 0 Å². The molecule has 0 fully saturated rings. The summed E-state index contributed by atoms with van der Waals surface area (Å²) in [6.07, 6.45) is -0.113. The fourth-order valence-electron chi connectivity index (χ4n) is 0.873. The highest BCUT2D eigenvalue weighted by Gasteiger charge is 2.22. The summed E-state index contributed by atoms with van der Waals surface area (Å²) in [5, 5.41) is 19.7. The Morgan fingerprint density at radius 3 is 2.23 bits per heavy atom. The Morgan fingerprint density at radius 1 is 1.38 bits per heavy atom. The van der Waals surface area contributed by atoms with E-state index in [-0.39, 0.29) is 6.42 Å². The van der Waals surface area contributed by atoms with Crippen LogP contribution in [0.3, 0.4) is 0 Å². The Kier molecular flexibility index (Phi) is 5.01. The zero-order valence-electron chi connectivity index (χ0n) is 7.36. The number of hydrogen-bond acceptors (Lipinski definition) is 4. The number of carbonyl (C=O) groups is 2. The highest BCUT2D eigenvalue weighted by molar-refractivity contribution is 5.77. The normalized spacial score (nSPS) is 14.9. The van der Waals surface area contributed by atoms with Gasteiger partial charge < -0.3 is 21.3 Å². The Morgan fingerprint density at radius 2 is 1.92 bits per heavy atom. The van der Waals surface area contributed by atoms with Crippen molar-refractivity contribution in [3.63, 3.8) is 0 Å². The van der Waals surface area contributed by atoms with Gasteiger partial charge in [0.15, 0.2) is 0 Å². The number of aliphatic carboxylic acids is 2. The first-order valence-corrected chi connectivity index (χ1v) is 3.93. The summed E-state index contributed by atoms with van der Waals surface area (Å²) in [6.45, 7) is 2.20. The first-order valence-electron chi connectivity index (χ1n) is 3.93. The lowest BCUT2D eigenvalue weighted by atomic mass is 10.1. The Bertz CT molecular complexity index is 195. The van der Waals surface area contributed by atoms with Crippen LogP contribution >= 0.6 is 0 Å². The molecule has 0 saturated carbocycles. The largest absolute Gasteiger partial charge is 0.480 e. The number of nitrogens with two attached hydrogens (primary N) is 1. The lowest BCUT2D eigenvalue weighted by molar-refractivity contribution is -0.141. The summed E-state index contributed by atoms with van der Waals surface area (Å²) in [7, 11) is 0. The minimum Gasteiger partial charge on any atom is -0.480 e. The molecule has 2 unspecified atom stereocenters. The van der Waals surface area contributed by atoms with Crippen molar-refractivity contribution in [2.45, 2.75) is 25.4 Å². The van der Waals surface area contributed by atoms with Crippen LogP contribution in [0, 0.1) is 0 Å². The Balaban J connectivity index is 4.09. The Hall–Kier alpha value is -1.14. The van der Waals surface area contributed by atoms with Crippen molar-refractivity contribution in [2.24, 2.45) is 5.73 Å². The molecule has 0 saturated heterocycles. The molecular formula is C7H14N2O4. The smallest absolute Gasteiger partial charge is 0.320 e. The highest BCUT2D eigenvalue weighted by Crippen LogP contribution is 1.96. The molecular weight excluding hydrogens is 176 g/mol. The summed E-state index contributed by atoms with van der Waals surface area (Å²) in [6, 6.07) is -2.03. The van der Waals surface area contributed by atoms with E-state index in [2.05, 4.69) is 5.32 Å². The number of carboxylic acid groups (broad SMARTS) is 2. The van der Waals surface area contributed by atoms with Crippen molar-refractivity contribution in [3.05, 3.63) is 0 Å². The van der Waals surface area contributed by atoms with Gasteiger partial charge in [0, 0.05) is 0 Å². The molecule has 6 heteroatoms. The SMILES string of the molecule is CCNC(CC(N)C(=O)O)C(=O)O. The van der Waals surface area contributed by atoms with Crippen LogP contribution < -0.4 is 11.1 Å². The fraction of sp³-hybridized carbons (Fsp3) is 0.714. The predicted octanol–water partition coefficient (Wildman–Crippen LogP) is -1.15. The fourth-order valence-corrected chi connectivity index (χ4v) is 0.873. The first-order chi connectivity index (χ1) is 5.99. The average molecular weight is 190 g/mol. The average Bonchev–Trinajstić information content (AvgIpc) is 2.03. The van der Waals surface area contributed by atoms with E-state index in [0.717, 1.165) is 0 Å². The van der Waals surface area contributed by atoms with Crippen molar-refractivity contribution in [1.82, 2.24) is 5.32 Å². The van der Waals surface area contributed by atoms with Gasteiger partial charge in [-0.05, 0) is 13.0 Å². The summed E-state index contributed by atoms with van der Waals surface area (Å²) in [5.41, 5.74) is 5.18. The number of carboxylic acids is 2. The van der Waals surface area contributed by atoms with Gasteiger partial charge in [0.1, 0.15) is 12.1 Å². The molecule has 0 aliphatic heterocycles. The van der Waals surface area contributed by atoms with Gasteiger partial charge in [-0.1, -0.05) is 6.92 Å². The van der Waals surface area contributed by atoms with E-state index in [1.807, 2.05) is 0 Å². The van der Waals surface area contributed by atoms with Crippen molar-refractivity contribution in [3.8, 4) is 0 Å². The lowest BCUT2D eigenvalue weighted by Gasteiger charge is -2.14. The molecule has 0 amide bonds. The minimum atomic E-state index is -1.19. The molecule has 0 aliphatic carbocycles.